The molecule has 0 aliphatic rings. The summed E-state index contributed by atoms with van der Waals surface area (Å²) in [5, 5.41) is 9.14. The molecule has 0 unspecified atom stereocenters. The van der Waals surface area contributed by atoms with Crippen molar-refractivity contribution in [2.24, 2.45) is 0 Å². The molecule has 2 aromatic heterocycles. The molecule has 2 rings (SSSR count). The number of thioether (sulfide) groups is 1. The van der Waals surface area contributed by atoms with E-state index in [-0.39, 0.29) is 6.42 Å². The number of carbonyl (C=O) groups is 1. The number of hydrogen-bond acceptors (Lipinski definition) is 6. The maximum atomic E-state index is 10.7. The van der Waals surface area contributed by atoms with Crippen LogP contribution in [0.3, 0.4) is 0 Å². The molecule has 1 N–H and O–H groups in total. The van der Waals surface area contributed by atoms with E-state index >= 15 is 0 Å². The van der Waals surface area contributed by atoms with Gasteiger partial charge in [-0.2, -0.15) is 0 Å². The Hall–Kier alpha value is -1.18. The van der Waals surface area contributed by atoms with Crippen molar-refractivity contribution in [1.82, 2.24) is 15.0 Å². The molecule has 0 atom stereocenters. The van der Waals surface area contributed by atoms with Crippen molar-refractivity contribution in [3.8, 4) is 0 Å². The number of carboxylic acid groups (broad SMARTS) is 1. The summed E-state index contributed by atoms with van der Waals surface area (Å²) in [6, 6.07) is 0. The quantitative estimate of drug-likeness (QED) is 0.855. The monoisotopic (exact) mass is 315 g/mol. The summed E-state index contributed by atoms with van der Waals surface area (Å²) in [7, 11) is 0. The third kappa shape index (κ3) is 4.15. The first-order chi connectivity index (χ1) is 9.04. The molecular formula is C11H10ClN3O2S2. The molecule has 0 spiro atoms. The van der Waals surface area contributed by atoms with Crippen LogP contribution in [0.15, 0.2) is 16.7 Å². The van der Waals surface area contributed by atoms with Crippen molar-refractivity contribution in [3.63, 3.8) is 0 Å². The Balaban J connectivity index is 1.99. The van der Waals surface area contributed by atoms with Crippen molar-refractivity contribution in [3.05, 3.63) is 33.8 Å². The lowest BCUT2D eigenvalue weighted by molar-refractivity contribution is -0.136. The number of halogens is 1. The smallest absolute Gasteiger partial charge is 0.308 e. The van der Waals surface area contributed by atoms with E-state index in [2.05, 4.69) is 15.0 Å². The van der Waals surface area contributed by atoms with Gasteiger partial charge in [0.05, 0.1) is 30.2 Å². The van der Waals surface area contributed by atoms with E-state index < -0.39 is 5.97 Å². The average molecular weight is 316 g/mol. The minimum Gasteiger partial charge on any atom is -0.481 e. The van der Waals surface area contributed by atoms with Crippen LogP contribution < -0.4 is 0 Å². The van der Waals surface area contributed by atoms with Gasteiger partial charge in [-0.1, -0.05) is 23.4 Å². The lowest BCUT2D eigenvalue weighted by Gasteiger charge is -1.97. The van der Waals surface area contributed by atoms with E-state index in [0.29, 0.717) is 10.9 Å². The van der Waals surface area contributed by atoms with Gasteiger partial charge in [0.1, 0.15) is 5.15 Å². The molecule has 19 heavy (non-hydrogen) atoms. The molecule has 2 heterocycles. The molecule has 100 valence electrons. The maximum absolute atomic E-state index is 10.7. The number of aryl methyl sites for hydroxylation is 1. The highest BCUT2D eigenvalue weighted by molar-refractivity contribution is 8.00. The fourth-order valence-electron chi connectivity index (χ4n) is 1.31. The van der Waals surface area contributed by atoms with E-state index in [9.17, 15) is 4.79 Å². The second kappa shape index (κ2) is 6.31. The number of nitrogens with zero attached hydrogens (tertiary/aromatic N) is 3. The van der Waals surface area contributed by atoms with Gasteiger partial charge in [0.2, 0.25) is 0 Å². The first kappa shape index (κ1) is 14.2. The molecule has 0 aliphatic carbocycles. The van der Waals surface area contributed by atoms with Crippen LogP contribution in [0, 0.1) is 6.92 Å². The number of hydrogen-bond donors (Lipinski definition) is 1. The number of rotatable bonds is 5. The van der Waals surface area contributed by atoms with Crippen LogP contribution in [-0.2, 0) is 17.0 Å². The molecular weight excluding hydrogens is 306 g/mol. The summed E-state index contributed by atoms with van der Waals surface area (Å²) >= 11 is 8.57. The molecule has 0 aliphatic heterocycles. The molecule has 0 radical (unpaired) electrons. The van der Waals surface area contributed by atoms with Gasteiger partial charge in [0, 0.05) is 10.6 Å². The largest absolute Gasteiger partial charge is 0.481 e. The lowest BCUT2D eigenvalue weighted by atomic mass is 10.3. The topological polar surface area (TPSA) is 76.0 Å². The summed E-state index contributed by atoms with van der Waals surface area (Å²) in [4.78, 5) is 23.9. The highest BCUT2D eigenvalue weighted by Gasteiger charge is 2.11. The molecule has 2 aromatic rings. The second-order valence-electron chi connectivity index (χ2n) is 3.68. The standard InChI is InChI=1S/C11H10ClN3O2S2/c1-6-8(2-10(16)17)19-11(15-6)18-5-7-3-14-9(12)4-13-7/h3-4H,2,5H2,1H3,(H,16,17). The van der Waals surface area contributed by atoms with Gasteiger partial charge < -0.3 is 5.11 Å². The molecule has 5 nitrogen and oxygen atoms in total. The summed E-state index contributed by atoms with van der Waals surface area (Å²) in [6.45, 7) is 1.82. The van der Waals surface area contributed by atoms with Crippen LogP contribution in [0.25, 0.3) is 0 Å². The van der Waals surface area contributed by atoms with Gasteiger partial charge in [-0.15, -0.1) is 11.3 Å². The fourth-order valence-corrected chi connectivity index (χ4v) is 3.53. The van der Waals surface area contributed by atoms with Gasteiger partial charge in [-0.05, 0) is 6.92 Å². The predicted molar refractivity (Wildman–Crippen MR) is 74.8 cm³/mol. The van der Waals surface area contributed by atoms with E-state index in [1.54, 1.807) is 6.20 Å². The SMILES string of the molecule is Cc1nc(SCc2cnc(Cl)cn2)sc1CC(=O)O. The summed E-state index contributed by atoms with van der Waals surface area (Å²) in [5.41, 5.74) is 1.58. The molecule has 0 amide bonds. The zero-order valence-electron chi connectivity index (χ0n) is 9.96. The molecule has 0 aromatic carbocycles. The average Bonchev–Trinajstić information content (AvgIpc) is 2.69. The fraction of sp³-hybridized carbons (Fsp3) is 0.273. The van der Waals surface area contributed by atoms with Crippen LogP contribution in [0.5, 0.6) is 0 Å². The molecule has 8 heteroatoms. The van der Waals surface area contributed by atoms with E-state index in [4.69, 9.17) is 16.7 Å². The van der Waals surface area contributed by atoms with Gasteiger partial charge in [0.25, 0.3) is 0 Å². The van der Waals surface area contributed by atoms with E-state index in [0.717, 1.165) is 20.6 Å². The molecule has 0 bridgehead atoms. The third-order valence-electron chi connectivity index (χ3n) is 2.20. The minimum absolute atomic E-state index is 0.0187. The first-order valence-corrected chi connectivity index (χ1v) is 7.50. The molecule has 0 saturated heterocycles. The Morgan fingerprint density at radius 3 is 2.89 bits per heavy atom. The molecule has 0 saturated carbocycles. The predicted octanol–water partition coefficient (Wildman–Crippen LogP) is 2.81. The number of thiazole rings is 1. The third-order valence-corrected chi connectivity index (χ3v) is 4.73. The van der Waals surface area contributed by atoms with Gasteiger partial charge >= 0.3 is 5.97 Å². The van der Waals surface area contributed by atoms with Crippen LogP contribution >= 0.6 is 34.7 Å². The Bertz CT molecular complexity index is 586. The highest BCUT2D eigenvalue weighted by atomic mass is 35.5. The zero-order chi connectivity index (χ0) is 13.8. The highest BCUT2D eigenvalue weighted by Crippen LogP contribution is 2.29. The summed E-state index contributed by atoms with van der Waals surface area (Å²) < 4.78 is 0.838. The van der Waals surface area contributed by atoms with Gasteiger partial charge in [-0.25, -0.2) is 9.97 Å². The van der Waals surface area contributed by atoms with Gasteiger partial charge in [-0.3, -0.25) is 9.78 Å². The van der Waals surface area contributed by atoms with Crippen molar-refractivity contribution >= 4 is 40.7 Å². The Morgan fingerprint density at radius 2 is 2.26 bits per heavy atom. The van der Waals surface area contributed by atoms with Crippen molar-refractivity contribution in [2.75, 3.05) is 0 Å². The maximum Gasteiger partial charge on any atom is 0.308 e. The second-order valence-corrected chi connectivity index (χ2v) is 6.37. The summed E-state index contributed by atoms with van der Waals surface area (Å²) in [6.07, 6.45) is 3.14. The Labute approximate surface area is 123 Å². The number of carboxylic acids is 1. The zero-order valence-corrected chi connectivity index (χ0v) is 12.3. The number of aliphatic carboxylic acids is 1. The van der Waals surface area contributed by atoms with E-state index in [1.807, 2.05) is 6.92 Å². The van der Waals surface area contributed by atoms with E-state index in [1.165, 1.54) is 29.3 Å². The van der Waals surface area contributed by atoms with Crippen LogP contribution in [0.1, 0.15) is 16.3 Å². The van der Waals surface area contributed by atoms with Crippen molar-refractivity contribution in [1.29, 1.82) is 0 Å². The van der Waals surface area contributed by atoms with Gasteiger partial charge in [0.15, 0.2) is 4.34 Å². The number of aromatic nitrogens is 3. The van der Waals surface area contributed by atoms with Crippen LogP contribution in [-0.4, -0.2) is 26.0 Å². The lowest BCUT2D eigenvalue weighted by Crippen LogP contribution is -1.99. The minimum atomic E-state index is -0.841. The normalized spacial score (nSPS) is 10.6. The first-order valence-electron chi connectivity index (χ1n) is 5.32. The van der Waals surface area contributed by atoms with Crippen LogP contribution in [0.4, 0.5) is 0 Å². The van der Waals surface area contributed by atoms with Crippen molar-refractivity contribution in [2.45, 2.75) is 23.4 Å². The molecule has 0 fully saturated rings. The Morgan fingerprint density at radius 1 is 1.47 bits per heavy atom. The Kier molecular flexibility index (Phi) is 4.73. The van der Waals surface area contributed by atoms with Crippen LogP contribution in [0.2, 0.25) is 5.15 Å². The van der Waals surface area contributed by atoms with Crippen molar-refractivity contribution < 1.29 is 9.90 Å². The summed E-state index contributed by atoms with van der Waals surface area (Å²) in [5.74, 6) is -0.212.